The molecular weight excluding hydrogens is 528 g/mol. The van der Waals surface area contributed by atoms with Gasteiger partial charge in [-0.25, -0.2) is 22.5 Å². The highest BCUT2D eigenvalue weighted by molar-refractivity contribution is 7.21. The van der Waals surface area contributed by atoms with E-state index in [0.717, 1.165) is 27.9 Å². The average molecular weight is 546 g/mol. The fraction of sp³-hybridized carbons (Fsp3) is 0.107. The molecular formula is C28H17F6NO2S. The van der Waals surface area contributed by atoms with Crippen LogP contribution in [0.15, 0.2) is 72.8 Å². The Labute approximate surface area is 216 Å². The second-order valence-electron chi connectivity index (χ2n) is 8.35. The molecule has 0 bridgehead atoms. The van der Waals surface area contributed by atoms with Crippen molar-refractivity contribution in [1.82, 2.24) is 4.98 Å². The van der Waals surface area contributed by atoms with E-state index in [1.807, 2.05) is 18.2 Å². The highest BCUT2D eigenvalue weighted by atomic mass is 32.1. The molecule has 38 heavy (non-hydrogen) atoms. The molecule has 0 atom stereocenters. The normalized spacial score (nSPS) is 11.8. The molecule has 0 aliphatic rings. The molecule has 194 valence electrons. The van der Waals surface area contributed by atoms with Crippen molar-refractivity contribution in [3.63, 3.8) is 0 Å². The maximum Gasteiger partial charge on any atom is 0.426 e. The third-order valence-electron chi connectivity index (χ3n) is 5.72. The van der Waals surface area contributed by atoms with Crippen LogP contribution in [0.5, 0.6) is 5.75 Å². The standard InChI is InChI=1S/C28H17F6NO2S/c1-36-14-15-2-9-24-25(10-15)38-27(35-24)17-5-8-20(21(29)11-17)16-3-6-18(7-4-16)28(33,34)37-19-12-22(30)26(32)23(31)13-19/h2-13H,14H2,1H3. The number of hydrogen-bond acceptors (Lipinski definition) is 4. The van der Waals surface area contributed by atoms with Crippen molar-refractivity contribution in [2.75, 3.05) is 7.11 Å². The predicted octanol–water partition coefficient (Wildman–Crippen LogP) is 8.46. The molecule has 0 aliphatic carbocycles. The number of thiazole rings is 1. The first-order chi connectivity index (χ1) is 18.1. The lowest BCUT2D eigenvalue weighted by Gasteiger charge is -2.19. The van der Waals surface area contributed by atoms with Crippen LogP contribution in [-0.2, 0) is 17.5 Å². The van der Waals surface area contributed by atoms with Crippen LogP contribution in [0.2, 0.25) is 0 Å². The highest BCUT2D eigenvalue weighted by Gasteiger charge is 2.35. The van der Waals surface area contributed by atoms with Gasteiger partial charge in [-0.05, 0) is 41.5 Å². The van der Waals surface area contributed by atoms with Crippen molar-refractivity contribution in [3.8, 4) is 27.4 Å². The molecule has 0 aliphatic heterocycles. The fourth-order valence-electron chi connectivity index (χ4n) is 3.87. The number of hydrogen-bond donors (Lipinski definition) is 0. The Morgan fingerprint density at radius 2 is 1.47 bits per heavy atom. The summed E-state index contributed by atoms with van der Waals surface area (Å²) in [5.41, 5.74) is 2.19. The Bertz CT molecular complexity index is 1610. The molecule has 0 fully saturated rings. The summed E-state index contributed by atoms with van der Waals surface area (Å²) in [4.78, 5) is 4.56. The zero-order valence-corrected chi connectivity index (χ0v) is 20.4. The van der Waals surface area contributed by atoms with Crippen molar-refractivity contribution in [2.24, 2.45) is 0 Å². The molecule has 5 aromatic rings. The molecule has 5 rings (SSSR count). The van der Waals surface area contributed by atoms with Gasteiger partial charge in [0.05, 0.1) is 22.4 Å². The Morgan fingerprint density at radius 3 is 2.13 bits per heavy atom. The van der Waals surface area contributed by atoms with Gasteiger partial charge in [0, 0.05) is 30.4 Å². The van der Waals surface area contributed by atoms with E-state index < -0.39 is 40.7 Å². The predicted molar refractivity (Wildman–Crippen MR) is 132 cm³/mol. The van der Waals surface area contributed by atoms with Crippen molar-refractivity contribution >= 4 is 21.6 Å². The maximum atomic E-state index is 15.1. The third-order valence-corrected chi connectivity index (χ3v) is 6.78. The van der Waals surface area contributed by atoms with Gasteiger partial charge < -0.3 is 9.47 Å². The van der Waals surface area contributed by atoms with Crippen LogP contribution < -0.4 is 4.74 Å². The Kier molecular flexibility index (Phi) is 6.85. The quantitative estimate of drug-likeness (QED) is 0.152. The summed E-state index contributed by atoms with van der Waals surface area (Å²) in [6, 6.07) is 15.5. The molecule has 0 saturated carbocycles. The molecule has 0 saturated heterocycles. The van der Waals surface area contributed by atoms with Crippen molar-refractivity contribution in [1.29, 1.82) is 0 Å². The summed E-state index contributed by atoms with van der Waals surface area (Å²) < 4.78 is 94.5. The lowest BCUT2D eigenvalue weighted by Crippen LogP contribution is -2.22. The minimum absolute atomic E-state index is 0.177. The number of aromatic nitrogens is 1. The molecule has 10 heteroatoms. The minimum atomic E-state index is -3.99. The molecule has 0 N–H and O–H groups in total. The van der Waals surface area contributed by atoms with Gasteiger partial charge in [-0.3, -0.25) is 0 Å². The first-order valence-electron chi connectivity index (χ1n) is 11.2. The number of alkyl halides is 2. The second-order valence-corrected chi connectivity index (χ2v) is 9.38. The molecule has 1 aromatic heterocycles. The lowest BCUT2D eigenvalue weighted by atomic mass is 10.0. The van der Waals surface area contributed by atoms with Crippen LogP contribution in [0, 0.1) is 23.3 Å². The number of methoxy groups -OCH3 is 1. The number of nitrogens with zero attached hydrogens (tertiary/aromatic N) is 1. The Balaban J connectivity index is 1.37. The minimum Gasteiger partial charge on any atom is -0.429 e. The zero-order valence-electron chi connectivity index (χ0n) is 19.6. The van der Waals surface area contributed by atoms with Crippen molar-refractivity contribution in [2.45, 2.75) is 12.7 Å². The highest BCUT2D eigenvalue weighted by Crippen LogP contribution is 2.36. The number of halogens is 6. The van der Waals surface area contributed by atoms with Crippen LogP contribution in [0.1, 0.15) is 11.1 Å². The van der Waals surface area contributed by atoms with Gasteiger partial charge in [0.15, 0.2) is 17.5 Å². The monoisotopic (exact) mass is 545 g/mol. The van der Waals surface area contributed by atoms with Crippen LogP contribution in [0.25, 0.3) is 31.9 Å². The van der Waals surface area contributed by atoms with E-state index >= 15 is 4.39 Å². The Hall–Kier alpha value is -3.89. The fourth-order valence-corrected chi connectivity index (χ4v) is 4.90. The van der Waals surface area contributed by atoms with E-state index in [9.17, 15) is 22.0 Å². The molecule has 4 aromatic carbocycles. The van der Waals surface area contributed by atoms with Gasteiger partial charge in [0.1, 0.15) is 16.6 Å². The second kappa shape index (κ2) is 10.1. The molecule has 0 radical (unpaired) electrons. The average Bonchev–Trinajstić information content (AvgIpc) is 3.31. The SMILES string of the molecule is COCc1ccc2nc(-c3ccc(-c4ccc(C(F)(F)Oc5cc(F)c(F)c(F)c5)cc4)c(F)c3)sc2c1. The smallest absolute Gasteiger partial charge is 0.426 e. The first kappa shape index (κ1) is 25.7. The molecule has 0 spiro atoms. The van der Waals surface area contributed by atoms with E-state index in [-0.39, 0.29) is 5.56 Å². The van der Waals surface area contributed by atoms with Crippen LogP contribution >= 0.6 is 11.3 Å². The third kappa shape index (κ3) is 5.09. The molecule has 3 nitrogen and oxygen atoms in total. The summed E-state index contributed by atoms with van der Waals surface area (Å²) in [6.45, 7) is 0.465. The summed E-state index contributed by atoms with van der Waals surface area (Å²) in [6.07, 6.45) is -3.99. The van der Waals surface area contributed by atoms with Crippen molar-refractivity contribution in [3.05, 3.63) is 107 Å². The summed E-state index contributed by atoms with van der Waals surface area (Å²) in [5.74, 6) is -6.58. The topological polar surface area (TPSA) is 31.4 Å². The van der Waals surface area contributed by atoms with E-state index in [1.165, 1.54) is 35.6 Å². The van der Waals surface area contributed by atoms with Gasteiger partial charge in [-0.15, -0.1) is 11.3 Å². The van der Waals surface area contributed by atoms with E-state index in [0.29, 0.717) is 34.9 Å². The van der Waals surface area contributed by atoms with Gasteiger partial charge in [-0.1, -0.05) is 30.3 Å². The number of benzene rings is 4. The largest absolute Gasteiger partial charge is 0.429 e. The van der Waals surface area contributed by atoms with E-state index in [4.69, 9.17) is 4.74 Å². The van der Waals surface area contributed by atoms with Crippen LogP contribution in [0.4, 0.5) is 26.3 Å². The van der Waals surface area contributed by atoms with Crippen LogP contribution in [0.3, 0.4) is 0 Å². The van der Waals surface area contributed by atoms with Gasteiger partial charge >= 0.3 is 6.11 Å². The number of rotatable bonds is 7. The van der Waals surface area contributed by atoms with E-state index in [2.05, 4.69) is 9.72 Å². The maximum absolute atomic E-state index is 15.1. The Morgan fingerprint density at radius 1 is 0.789 bits per heavy atom. The summed E-state index contributed by atoms with van der Waals surface area (Å²) in [5, 5.41) is 0.626. The number of ether oxygens (including phenoxy) is 2. The number of fused-ring (bicyclic) bond motifs is 1. The van der Waals surface area contributed by atoms with Gasteiger partial charge in [0.2, 0.25) is 0 Å². The first-order valence-corrected chi connectivity index (χ1v) is 12.0. The molecule has 1 heterocycles. The zero-order chi connectivity index (χ0) is 27.0. The molecule has 0 unspecified atom stereocenters. The van der Waals surface area contributed by atoms with Gasteiger partial charge in [0.25, 0.3) is 0 Å². The van der Waals surface area contributed by atoms with Crippen molar-refractivity contribution < 1.29 is 35.8 Å². The molecule has 0 amide bonds. The summed E-state index contributed by atoms with van der Waals surface area (Å²) in [7, 11) is 1.61. The van der Waals surface area contributed by atoms with Crippen LogP contribution in [-0.4, -0.2) is 12.1 Å². The summed E-state index contributed by atoms with van der Waals surface area (Å²) >= 11 is 1.41. The lowest BCUT2D eigenvalue weighted by molar-refractivity contribution is -0.185. The van der Waals surface area contributed by atoms with E-state index in [1.54, 1.807) is 13.2 Å². The van der Waals surface area contributed by atoms with Gasteiger partial charge in [-0.2, -0.15) is 8.78 Å².